The van der Waals surface area contributed by atoms with Gasteiger partial charge in [-0.1, -0.05) is 104 Å². The van der Waals surface area contributed by atoms with Crippen molar-refractivity contribution in [1.82, 2.24) is 19.8 Å². The van der Waals surface area contributed by atoms with Gasteiger partial charge < -0.3 is 15.8 Å². The third-order valence-electron chi connectivity index (χ3n) is 10.0. The van der Waals surface area contributed by atoms with E-state index < -0.39 is 11.6 Å². The number of aromatic amines is 1. The van der Waals surface area contributed by atoms with Gasteiger partial charge in [0.15, 0.2) is 0 Å². The molecule has 0 radical (unpaired) electrons. The molecule has 5 N–H and O–H groups in total. The van der Waals surface area contributed by atoms with E-state index in [1.54, 1.807) is 4.90 Å². The summed E-state index contributed by atoms with van der Waals surface area (Å²) in [7, 11) is 0. The Hall–Kier alpha value is -4.95. The topological polar surface area (TPSA) is 122 Å². The van der Waals surface area contributed by atoms with Crippen LogP contribution in [-0.2, 0) is 25.0 Å². The fraction of sp³-hybridized carbons (Fsp3) is 0.325. The van der Waals surface area contributed by atoms with Crippen molar-refractivity contribution >= 4 is 23.0 Å². The second kappa shape index (κ2) is 14.9. The Kier molecular flexibility index (Phi) is 10.2. The van der Waals surface area contributed by atoms with Gasteiger partial charge in [-0.15, -0.1) is 0 Å². The highest BCUT2D eigenvalue weighted by molar-refractivity contribution is 5.94. The Bertz CT molecular complexity index is 1780. The molecule has 1 amide bonds. The smallest absolute Gasteiger partial charge is 0.408 e. The zero-order valence-electron chi connectivity index (χ0n) is 27.7. The molecule has 0 spiro atoms. The number of aromatic nitrogens is 2. The Labute approximate surface area is 283 Å². The van der Waals surface area contributed by atoms with E-state index in [0.29, 0.717) is 18.7 Å². The Morgan fingerprint density at radius 3 is 2.21 bits per heavy atom. The first-order valence-electron chi connectivity index (χ1n) is 17.0. The van der Waals surface area contributed by atoms with Crippen molar-refractivity contribution in [3.8, 4) is 0 Å². The number of benzene rings is 4. The fourth-order valence-corrected chi connectivity index (χ4v) is 7.70. The van der Waals surface area contributed by atoms with Crippen LogP contribution in [0.3, 0.4) is 0 Å². The number of nitrogens with one attached hydrogen (secondary N) is 2. The van der Waals surface area contributed by atoms with Crippen LogP contribution in [0.25, 0.3) is 11.0 Å². The first kappa shape index (κ1) is 33.0. The number of amides is 1. The van der Waals surface area contributed by atoms with E-state index in [-0.39, 0.29) is 11.8 Å². The molecule has 2 atom stereocenters. The summed E-state index contributed by atoms with van der Waals surface area (Å²) in [5.41, 5.74) is 12.1. The lowest BCUT2D eigenvalue weighted by atomic mass is 9.66. The maximum Gasteiger partial charge on any atom is 0.408 e. The Morgan fingerprint density at radius 1 is 0.917 bits per heavy atom. The van der Waals surface area contributed by atoms with Gasteiger partial charge in [-0.25, -0.2) is 9.78 Å². The van der Waals surface area contributed by atoms with E-state index >= 15 is 0 Å². The maximum atomic E-state index is 13.5. The van der Waals surface area contributed by atoms with E-state index in [4.69, 9.17) is 16.1 Å². The summed E-state index contributed by atoms with van der Waals surface area (Å²) in [6, 6.07) is 35.0. The molecule has 1 fully saturated rings. The van der Waals surface area contributed by atoms with Gasteiger partial charge in [0.25, 0.3) is 0 Å². The minimum atomic E-state index is -0.884. The molecular formula is C40H46N6O2. The van der Waals surface area contributed by atoms with Crippen LogP contribution in [-0.4, -0.2) is 49.9 Å². The molecule has 0 aliphatic heterocycles. The lowest BCUT2D eigenvalue weighted by Gasteiger charge is -2.51. The van der Waals surface area contributed by atoms with Gasteiger partial charge in [0.05, 0.1) is 16.6 Å². The van der Waals surface area contributed by atoms with Crippen LogP contribution < -0.4 is 5.73 Å². The highest BCUT2D eigenvalue weighted by atomic mass is 16.4. The van der Waals surface area contributed by atoms with E-state index in [9.17, 15) is 9.90 Å². The molecule has 4 aromatic carbocycles. The van der Waals surface area contributed by atoms with Gasteiger partial charge in [0, 0.05) is 31.7 Å². The Balaban J connectivity index is 1.35. The molecular weight excluding hydrogens is 596 g/mol. The molecule has 1 heterocycles. The van der Waals surface area contributed by atoms with Crippen LogP contribution in [0.1, 0.15) is 65.7 Å². The number of imidazole rings is 1. The molecule has 5 aromatic rings. The quantitative estimate of drug-likeness (QED) is 0.0770. The highest BCUT2D eigenvalue weighted by Crippen LogP contribution is 2.49. The van der Waals surface area contributed by atoms with Crippen LogP contribution in [0.15, 0.2) is 103 Å². The molecule has 0 bridgehead atoms. The van der Waals surface area contributed by atoms with Crippen molar-refractivity contribution in [2.75, 3.05) is 13.1 Å². The number of fused-ring (bicyclic) bond motifs is 1. The van der Waals surface area contributed by atoms with Gasteiger partial charge in [0.2, 0.25) is 0 Å². The second-order valence-electron chi connectivity index (χ2n) is 13.2. The van der Waals surface area contributed by atoms with Crippen molar-refractivity contribution in [3.63, 3.8) is 0 Å². The lowest BCUT2D eigenvalue weighted by Crippen LogP contribution is -2.56. The number of H-pyrrole nitrogens is 1. The average molecular weight is 643 g/mol. The third-order valence-corrected chi connectivity index (χ3v) is 10.0. The Morgan fingerprint density at radius 2 is 1.58 bits per heavy atom. The summed E-state index contributed by atoms with van der Waals surface area (Å²) < 4.78 is 0. The minimum absolute atomic E-state index is 0.0579. The van der Waals surface area contributed by atoms with Crippen LogP contribution in [0.5, 0.6) is 0 Å². The van der Waals surface area contributed by atoms with Crippen molar-refractivity contribution in [3.05, 3.63) is 137 Å². The summed E-state index contributed by atoms with van der Waals surface area (Å²) >= 11 is 0. The van der Waals surface area contributed by atoms with E-state index in [0.717, 1.165) is 79.6 Å². The van der Waals surface area contributed by atoms with Crippen molar-refractivity contribution in [1.29, 1.82) is 5.41 Å². The maximum absolute atomic E-state index is 13.5. The van der Waals surface area contributed by atoms with Crippen LogP contribution in [0.2, 0.25) is 0 Å². The molecule has 1 saturated carbocycles. The van der Waals surface area contributed by atoms with Crippen molar-refractivity contribution < 1.29 is 9.90 Å². The molecule has 48 heavy (non-hydrogen) atoms. The van der Waals surface area contributed by atoms with Crippen LogP contribution in [0, 0.1) is 18.3 Å². The first-order chi connectivity index (χ1) is 23.3. The van der Waals surface area contributed by atoms with Gasteiger partial charge in [-0.05, 0) is 72.9 Å². The largest absolute Gasteiger partial charge is 0.465 e. The number of carbonyl (C=O) groups is 1. The number of nitrogens with two attached hydrogens (primary N) is 1. The number of rotatable bonds is 13. The molecule has 1 aromatic heterocycles. The molecule has 248 valence electrons. The minimum Gasteiger partial charge on any atom is -0.465 e. The molecule has 8 nitrogen and oxygen atoms in total. The predicted octanol–water partition coefficient (Wildman–Crippen LogP) is 7.86. The van der Waals surface area contributed by atoms with Gasteiger partial charge in [-0.3, -0.25) is 15.2 Å². The molecule has 1 aliphatic carbocycles. The number of nitrogens with zero attached hydrogens (tertiary/aromatic N) is 3. The van der Waals surface area contributed by atoms with Crippen molar-refractivity contribution in [2.45, 2.75) is 64.1 Å². The molecule has 8 heteroatoms. The van der Waals surface area contributed by atoms with Crippen LogP contribution >= 0.6 is 0 Å². The summed E-state index contributed by atoms with van der Waals surface area (Å²) in [6.07, 6.45) is 4.52. The van der Waals surface area contributed by atoms with E-state index in [1.165, 1.54) is 11.1 Å². The summed E-state index contributed by atoms with van der Waals surface area (Å²) in [5, 5.41) is 18.9. The molecule has 0 saturated heterocycles. The average Bonchev–Trinajstić information content (AvgIpc) is 3.48. The predicted molar refractivity (Wildman–Crippen MR) is 192 cm³/mol. The number of nitrogen functional groups attached to an aromatic ring is 1. The number of hydrogen-bond acceptors (Lipinski definition) is 4. The second-order valence-corrected chi connectivity index (χ2v) is 13.2. The van der Waals surface area contributed by atoms with E-state index in [1.807, 2.05) is 43.3 Å². The number of carboxylic acid groups (broad SMARTS) is 1. The molecule has 2 unspecified atom stereocenters. The van der Waals surface area contributed by atoms with Gasteiger partial charge in [-0.2, -0.15) is 0 Å². The fourth-order valence-electron chi connectivity index (χ4n) is 7.70. The SMILES string of the molecule is Cc1nc2cc(C3(N(CCN(Cc4ccccc4)Cc4ccccc4)C(=O)O)CCCCC3CCc3ccc(C(=N)N)cc3)ccc2[nH]1. The summed E-state index contributed by atoms with van der Waals surface area (Å²) in [5.74, 6) is 1.02. The zero-order chi connectivity index (χ0) is 33.5. The first-order valence-corrected chi connectivity index (χ1v) is 17.0. The number of amidine groups is 1. The van der Waals surface area contributed by atoms with Crippen LogP contribution in [0.4, 0.5) is 4.79 Å². The third kappa shape index (κ3) is 7.44. The monoisotopic (exact) mass is 642 g/mol. The lowest BCUT2D eigenvalue weighted by molar-refractivity contribution is -0.00438. The normalized spacial score (nSPS) is 17.8. The number of aryl methyl sites for hydroxylation is 2. The molecule has 1 aliphatic rings. The van der Waals surface area contributed by atoms with E-state index in [2.05, 4.69) is 76.6 Å². The standard InChI is InChI=1S/C40H46N6O2/c1-29-43-36-22-21-35(26-37(36)44-29)40(23-9-8-14-34(40)20-17-30-15-18-33(19-16-30)38(41)42)46(39(47)48)25-24-45(27-31-10-4-2-5-11-31)28-32-12-6-3-7-13-32/h2-7,10-13,15-16,18-19,21-22,26,34H,8-9,14,17,20,23-25,27-28H2,1H3,(H3,41,42)(H,43,44)(H,47,48). The summed E-state index contributed by atoms with van der Waals surface area (Å²) in [6.45, 7) is 4.40. The van der Waals surface area contributed by atoms with Gasteiger partial charge in [0.1, 0.15) is 11.7 Å². The summed E-state index contributed by atoms with van der Waals surface area (Å²) in [4.78, 5) is 25.8. The molecule has 6 rings (SSSR count). The highest BCUT2D eigenvalue weighted by Gasteiger charge is 2.48. The van der Waals surface area contributed by atoms with Gasteiger partial charge >= 0.3 is 6.09 Å². The van der Waals surface area contributed by atoms with Crippen molar-refractivity contribution in [2.24, 2.45) is 11.7 Å². The number of hydrogen-bond donors (Lipinski definition) is 4. The zero-order valence-corrected chi connectivity index (χ0v) is 27.7.